The average molecular weight is 275 g/mol. The Morgan fingerprint density at radius 2 is 2.05 bits per heavy atom. The number of benzene rings is 1. The Morgan fingerprint density at radius 3 is 2.75 bits per heavy atom. The van der Waals surface area contributed by atoms with Crippen LogP contribution in [0.5, 0.6) is 0 Å². The first-order chi connectivity index (χ1) is 9.63. The smallest absolute Gasteiger partial charge is 0.372 e. The molecule has 0 saturated heterocycles. The fourth-order valence-electron chi connectivity index (χ4n) is 2.41. The number of aromatic carboxylic acids is 1. The van der Waals surface area contributed by atoms with Crippen LogP contribution in [0.15, 0.2) is 28.7 Å². The molecule has 4 heteroatoms. The summed E-state index contributed by atoms with van der Waals surface area (Å²) in [5.74, 6) is -0.938. The SMILES string of the molecule is CCCCCN(C)Cc1c(C(=O)O)oc2ccccc12. The zero-order valence-corrected chi connectivity index (χ0v) is 12.1. The van der Waals surface area contributed by atoms with E-state index in [1.807, 2.05) is 31.3 Å². The molecule has 0 aliphatic heterocycles. The molecule has 4 nitrogen and oxygen atoms in total. The maximum absolute atomic E-state index is 11.3. The fraction of sp³-hybridized carbons (Fsp3) is 0.438. The van der Waals surface area contributed by atoms with Crippen molar-refractivity contribution in [1.82, 2.24) is 4.90 Å². The zero-order valence-electron chi connectivity index (χ0n) is 12.1. The number of rotatable bonds is 7. The summed E-state index contributed by atoms with van der Waals surface area (Å²) >= 11 is 0. The third-order valence-corrected chi connectivity index (χ3v) is 3.46. The van der Waals surface area contributed by atoms with Crippen LogP contribution in [-0.4, -0.2) is 29.6 Å². The van der Waals surface area contributed by atoms with E-state index in [0.29, 0.717) is 12.1 Å². The first kappa shape index (κ1) is 14.6. The van der Waals surface area contributed by atoms with Crippen LogP contribution in [0.1, 0.15) is 42.3 Å². The van der Waals surface area contributed by atoms with Gasteiger partial charge in [0, 0.05) is 17.5 Å². The molecule has 1 heterocycles. The highest BCUT2D eigenvalue weighted by molar-refractivity contribution is 5.95. The number of nitrogens with zero attached hydrogens (tertiary/aromatic N) is 1. The maximum atomic E-state index is 11.3. The minimum absolute atomic E-state index is 0.0635. The lowest BCUT2D eigenvalue weighted by molar-refractivity contribution is 0.0662. The number of carbonyl (C=O) groups is 1. The summed E-state index contributed by atoms with van der Waals surface area (Å²) in [6, 6.07) is 7.49. The number of unbranched alkanes of at least 4 members (excludes halogenated alkanes) is 2. The Labute approximate surface area is 119 Å². The Bertz CT molecular complexity index is 588. The highest BCUT2D eigenvalue weighted by Crippen LogP contribution is 2.27. The summed E-state index contributed by atoms with van der Waals surface area (Å²) in [7, 11) is 2.02. The number of hydrogen-bond donors (Lipinski definition) is 1. The molecule has 2 rings (SSSR count). The quantitative estimate of drug-likeness (QED) is 0.782. The highest BCUT2D eigenvalue weighted by atomic mass is 16.4. The minimum atomic E-state index is -1.00. The first-order valence-electron chi connectivity index (χ1n) is 7.05. The van der Waals surface area contributed by atoms with E-state index in [4.69, 9.17) is 4.42 Å². The van der Waals surface area contributed by atoms with Crippen molar-refractivity contribution in [2.24, 2.45) is 0 Å². The van der Waals surface area contributed by atoms with Gasteiger partial charge >= 0.3 is 5.97 Å². The van der Waals surface area contributed by atoms with Crippen molar-refractivity contribution in [2.45, 2.75) is 32.7 Å². The van der Waals surface area contributed by atoms with Crippen LogP contribution in [0.25, 0.3) is 11.0 Å². The van der Waals surface area contributed by atoms with Gasteiger partial charge in [-0.1, -0.05) is 38.0 Å². The summed E-state index contributed by atoms with van der Waals surface area (Å²) in [5.41, 5.74) is 1.41. The second-order valence-electron chi connectivity index (χ2n) is 5.16. The van der Waals surface area contributed by atoms with Gasteiger partial charge in [-0.3, -0.25) is 0 Å². The molecule has 20 heavy (non-hydrogen) atoms. The molecule has 0 bridgehead atoms. The monoisotopic (exact) mass is 275 g/mol. The molecular weight excluding hydrogens is 254 g/mol. The summed E-state index contributed by atoms with van der Waals surface area (Å²) in [4.78, 5) is 13.5. The number of hydrogen-bond acceptors (Lipinski definition) is 3. The number of carboxylic acids is 1. The first-order valence-corrected chi connectivity index (χ1v) is 7.05. The molecule has 0 radical (unpaired) electrons. The van der Waals surface area contributed by atoms with Gasteiger partial charge in [0.25, 0.3) is 0 Å². The van der Waals surface area contributed by atoms with E-state index in [1.165, 1.54) is 12.8 Å². The summed E-state index contributed by atoms with van der Waals surface area (Å²) in [6.07, 6.45) is 3.51. The van der Waals surface area contributed by atoms with Crippen LogP contribution in [0.2, 0.25) is 0 Å². The number of fused-ring (bicyclic) bond motifs is 1. The van der Waals surface area contributed by atoms with E-state index < -0.39 is 5.97 Å². The van der Waals surface area contributed by atoms with E-state index in [-0.39, 0.29) is 5.76 Å². The van der Waals surface area contributed by atoms with Crippen molar-refractivity contribution in [3.63, 3.8) is 0 Å². The van der Waals surface area contributed by atoms with Crippen LogP contribution in [0.3, 0.4) is 0 Å². The Balaban J connectivity index is 2.23. The van der Waals surface area contributed by atoms with Crippen molar-refractivity contribution < 1.29 is 14.3 Å². The molecule has 2 aromatic rings. The molecule has 0 fully saturated rings. The van der Waals surface area contributed by atoms with Crippen LogP contribution in [-0.2, 0) is 6.54 Å². The van der Waals surface area contributed by atoms with Gasteiger partial charge in [0.15, 0.2) is 0 Å². The molecule has 0 unspecified atom stereocenters. The minimum Gasteiger partial charge on any atom is -0.475 e. The van der Waals surface area contributed by atoms with Gasteiger partial charge in [-0.25, -0.2) is 4.79 Å². The molecule has 1 aromatic heterocycles. The molecule has 1 aromatic carbocycles. The predicted octanol–water partition coefficient (Wildman–Crippen LogP) is 3.75. The van der Waals surface area contributed by atoms with Crippen LogP contribution >= 0.6 is 0 Å². The van der Waals surface area contributed by atoms with Crippen molar-refractivity contribution in [2.75, 3.05) is 13.6 Å². The standard InChI is InChI=1S/C16H21NO3/c1-3-4-7-10-17(2)11-13-12-8-5-6-9-14(12)20-15(13)16(18)19/h5-6,8-9H,3-4,7,10-11H2,1-2H3,(H,18,19). The van der Waals surface area contributed by atoms with Gasteiger partial charge in [0.1, 0.15) is 5.58 Å². The van der Waals surface area contributed by atoms with E-state index >= 15 is 0 Å². The topological polar surface area (TPSA) is 53.7 Å². The lowest BCUT2D eigenvalue weighted by atomic mass is 10.1. The second kappa shape index (κ2) is 6.57. The predicted molar refractivity (Wildman–Crippen MR) is 79.0 cm³/mol. The average Bonchev–Trinajstić information content (AvgIpc) is 2.78. The van der Waals surface area contributed by atoms with Gasteiger partial charge in [-0.2, -0.15) is 0 Å². The van der Waals surface area contributed by atoms with E-state index in [1.54, 1.807) is 0 Å². The molecule has 108 valence electrons. The maximum Gasteiger partial charge on any atom is 0.372 e. The fourth-order valence-corrected chi connectivity index (χ4v) is 2.41. The summed E-state index contributed by atoms with van der Waals surface area (Å²) in [5, 5.41) is 10.2. The Hall–Kier alpha value is -1.81. The van der Waals surface area contributed by atoms with Gasteiger partial charge in [-0.15, -0.1) is 0 Å². The molecule has 0 aliphatic rings. The van der Waals surface area contributed by atoms with Crippen LogP contribution in [0, 0.1) is 0 Å². The molecular formula is C16H21NO3. The Kier molecular flexibility index (Phi) is 4.79. The van der Waals surface area contributed by atoms with Crippen LogP contribution in [0.4, 0.5) is 0 Å². The van der Waals surface area contributed by atoms with Crippen molar-refractivity contribution in [3.05, 3.63) is 35.6 Å². The Morgan fingerprint density at radius 1 is 1.30 bits per heavy atom. The van der Waals surface area contributed by atoms with Crippen molar-refractivity contribution in [3.8, 4) is 0 Å². The van der Waals surface area contributed by atoms with Gasteiger partial charge in [-0.05, 0) is 26.1 Å². The van der Waals surface area contributed by atoms with E-state index in [9.17, 15) is 9.90 Å². The largest absolute Gasteiger partial charge is 0.475 e. The molecule has 0 amide bonds. The number of carboxylic acid groups (broad SMARTS) is 1. The molecule has 0 spiro atoms. The zero-order chi connectivity index (χ0) is 14.5. The third kappa shape index (κ3) is 3.20. The van der Waals surface area contributed by atoms with E-state index in [2.05, 4.69) is 11.8 Å². The molecule has 1 N–H and O–H groups in total. The van der Waals surface area contributed by atoms with Crippen LogP contribution < -0.4 is 0 Å². The normalized spacial score (nSPS) is 11.3. The van der Waals surface area contributed by atoms with Gasteiger partial charge in [0.05, 0.1) is 0 Å². The molecule has 0 saturated carbocycles. The third-order valence-electron chi connectivity index (χ3n) is 3.46. The highest BCUT2D eigenvalue weighted by Gasteiger charge is 2.20. The molecule has 0 atom stereocenters. The van der Waals surface area contributed by atoms with Gasteiger partial charge in [0.2, 0.25) is 5.76 Å². The van der Waals surface area contributed by atoms with Crippen molar-refractivity contribution >= 4 is 16.9 Å². The number of furan rings is 1. The molecule has 0 aliphatic carbocycles. The number of para-hydroxylation sites is 1. The lowest BCUT2D eigenvalue weighted by Gasteiger charge is -2.16. The second-order valence-corrected chi connectivity index (χ2v) is 5.16. The summed E-state index contributed by atoms with van der Waals surface area (Å²) in [6.45, 7) is 3.74. The van der Waals surface area contributed by atoms with Gasteiger partial charge < -0.3 is 14.4 Å². The lowest BCUT2D eigenvalue weighted by Crippen LogP contribution is -2.20. The summed E-state index contributed by atoms with van der Waals surface area (Å²) < 4.78 is 5.46. The van der Waals surface area contributed by atoms with Crippen molar-refractivity contribution in [1.29, 1.82) is 0 Å². The van der Waals surface area contributed by atoms with E-state index in [0.717, 1.165) is 23.9 Å².